The van der Waals surface area contributed by atoms with E-state index in [1.54, 1.807) is 6.20 Å². The van der Waals surface area contributed by atoms with Gasteiger partial charge in [0.1, 0.15) is 5.82 Å². The number of aryl methyl sites for hydroxylation is 1. The number of nitrogens with one attached hydrogen (secondary N) is 3. The Bertz CT molecular complexity index is 1320. The predicted molar refractivity (Wildman–Crippen MR) is 134 cm³/mol. The van der Waals surface area contributed by atoms with E-state index in [1.165, 1.54) is 11.3 Å². The number of hydrogen-bond donors (Lipinski definition) is 3. The molecule has 1 aliphatic rings. The monoisotopic (exact) mass is 434 g/mol. The van der Waals surface area contributed by atoms with Crippen molar-refractivity contribution in [1.82, 2.24) is 15.3 Å². The molecule has 33 heavy (non-hydrogen) atoms. The number of amides is 1. The van der Waals surface area contributed by atoms with Crippen LogP contribution in [0.5, 0.6) is 0 Å². The minimum Gasteiger partial charge on any atom is -0.385 e. The lowest BCUT2D eigenvalue weighted by Gasteiger charge is -2.18. The van der Waals surface area contributed by atoms with Crippen LogP contribution in [-0.4, -0.2) is 22.4 Å². The molecule has 1 aliphatic heterocycles. The van der Waals surface area contributed by atoms with Gasteiger partial charge in [0.2, 0.25) is 5.91 Å². The molecule has 5 rings (SSSR count). The van der Waals surface area contributed by atoms with Gasteiger partial charge >= 0.3 is 0 Å². The first kappa shape index (κ1) is 20.8. The van der Waals surface area contributed by atoms with Gasteiger partial charge in [-0.1, -0.05) is 66.7 Å². The summed E-state index contributed by atoms with van der Waals surface area (Å²) >= 11 is 0. The van der Waals surface area contributed by atoms with Crippen molar-refractivity contribution < 1.29 is 4.79 Å². The fourth-order valence-corrected chi connectivity index (χ4v) is 4.34. The average molecular weight is 435 g/mol. The van der Waals surface area contributed by atoms with Gasteiger partial charge in [0, 0.05) is 47.2 Å². The van der Waals surface area contributed by atoms with Crippen molar-refractivity contribution in [2.75, 3.05) is 11.9 Å². The SMILES string of the molecule is C=C1NCCc2[nH]c(-c3ccnc(NC(=O)Cc4ccc(C)cc4)c3)c(-c3ccccc3)c21. The topological polar surface area (TPSA) is 69.8 Å². The summed E-state index contributed by atoms with van der Waals surface area (Å²) in [6, 6.07) is 22.2. The first-order chi connectivity index (χ1) is 16.1. The van der Waals surface area contributed by atoms with E-state index in [-0.39, 0.29) is 5.91 Å². The third-order valence-electron chi connectivity index (χ3n) is 5.96. The minimum atomic E-state index is -0.0878. The molecule has 3 heterocycles. The summed E-state index contributed by atoms with van der Waals surface area (Å²) in [5.74, 6) is 0.447. The lowest BCUT2D eigenvalue weighted by molar-refractivity contribution is -0.115. The van der Waals surface area contributed by atoms with Crippen LogP contribution in [0.25, 0.3) is 28.1 Å². The summed E-state index contributed by atoms with van der Waals surface area (Å²) in [6.07, 6.45) is 2.95. The van der Waals surface area contributed by atoms with Crippen molar-refractivity contribution in [3.05, 3.63) is 102 Å². The molecule has 4 aromatic rings. The van der Waals surface area contributed by atoms with Crippen molar-refractivity contribution in [3.63, 3.8) is 0 Å². The van der Waals surface area contributed by atoms with E-state index in [1.807, 2.05) is 61.5 Å². The molecule has 0 saturated heterocycles. The maximum absolute atomic E-state index is 12.6. The Morgan fingerprint density at radius 3 is 2.61 bits per heavy atom. The first-order valence-electron chi connectivity index (χ1n) is 11.1. The summed E-state index contributed by atoms with van der Waals surface area (Å²) in [6.45, 7) is 7.14. The maximum atomic E-state index is 12.6. The summed E-state index contributed by atoms with van der Waals surface area (Å²) in [4.78, 5) is 20.6. The van der Waals surface area contributed by atoms with E-state index >= 15 is 0 Å². The number of carbonyl (C=O) groups excluding carboxylic acids is 1. The van der Waals surface area contributed by atoms with Crippen molar-refractivity contribution >= 4 is 17.4 Å². The van der Waals surface area contributed by atoms with Gasteiger partial charge in [0.15, 0.2) is 0 Å². The average Bonchev–Trinajstić information content (AvgIpc) is 3.22. The first-order valence-corrected chi connectivity index (χ1v) is 11.1. The highest BCUT2D eigenvalue weighted by atomic mass is 16.1. The molecule has 1 amide bonds. The molecular weight excluding hydrogens is 408 g/mol. The molecule has 0 unspecified atom stereocenters. The lowest BCUT2D eigenvalue weighted by Crippen LogP contribution is -2.21. The molecule has 0 atom stereocenters. The number of rotatable bonds is 5. The number of fused-ring (bicyclic) bond motifs is 1. The van der Waals surface area contributed by atoms with Crippen molar-refractivity contribution in [2.24, 2.45) is 0 Å². The smallest absolute Gasteiger partial charge is 0.229 e. The fourth-order valence-electron chi connectivity index (χ4n) is 4.34. The largest absolute Gasteiger partial charge is 0.385 e. The zero-order valence-corrected chi connectivity index (χ0v) is 18.6. The van der Waals surface area contributed by atoms with E-state index in [0.717, 1.165) is 52.2 Å². The number of benzene rings is 2. The van der Waals surface area contributed by atoms with Gasteiger partial charge < -0.3 is 15.6 Å². The lowest BCUT2D eigenvalue weighted by atomic mass is 9.94. The van der Waals surface area contributed by atoms with Gasteiger partial charge in [-0.25, -0.2) is 4.98 Å². The second kappa shape index (κ2) is 8.79. The predicted octanol–water partition coefficient (Wildman–Crippen LogP) is 5.35. The van der Waals surface area contributed by atoms with Crippen LogP contribution < -0.4 is 10.6 Å². The number of hydrogen-bond acceptors (Lipinski definition) is 3. The summed E-state index contributed by atoms with van der Waals surface area (Å²) in [7, 11) is 0. The molecule has 2 aromatic heterocycles. The maximum Gasteiger partial charge on any atom is 0.229 e. The van der Waals surface area contributed by atoms with E-state index in [0.29, 0.717) is 12.2 Å². The van der Waals surface area contributed by atoms with Crippen LogP contribution >= 0.6 is 0 Å². The third-order valence-corrected chi connectivity index (χ3v) is 5.96. The molecule has 0 spiro atoms. The summed E-state index contributed by atoms with van der Waals surface area (Å²) in [5.41, 5.74) is 9.60. The number of aromatic nitrogens is 2. The molecule has 0 saturated carbocycles. The van der Waals surface area contributed by atoms with Crippen LogP contribution in [0.4, 0.5) is 5.82 Å². The van der Waals surface area contributed by atoms with E-state index in [9.17, 15) is 4.79 Å². The number of H-pyrrole nitrogens is 1. The Hall–Kier alpha value is -4.12. The van der Waals surface area contributed by atoms with Crippen LogP contribution in [0.1, 0.15) is 22.4 Å². The Labute approximate surface area is 193 Å². The number of anilines is 1. The van der Waals surface area contributed by atoms with Crippen LogP contribution in [0.15, 0.2) is 79.5 Å². The summed E-state index contributed by atoms with van der Waals surface area (Å²) in [5, 5.41) is 6.34. The van der Waals surface area contributed by atoms with Gasteiger partial charge in [-0.05, 0) is 30.2 Å². The zero-order valence-electron chi connectivity index (χ0n) is 18.6. The Kier molecular flexibility index (Phi) is 5.53. The minimum absolute atomic E-state index is 0.0878. The Morgan fingerprint density at radius 1 is 1.03 bits per heavy atom. The van der Waals surface area contributed by atoms with E-state index in [4.69, 9.17) is 0 Å². The quantitative estimate of drug-likeness (QED) is 0.397. The van der Waals surface area contributed by atoms with E-state index < -0.39 is 0 Å². The number of nitrogens with zero attached hydrogens (tertiary/aromatic N) is 1. The van der Waals surface area contributed by atoms with Crippen LogP contribution in [0.3, 0.4) is 0 Å². The Morgan fingerprint density at radius 2 is 1.82 bits per heavy atom. The Balaban J connectivity index is 1.48. The molecule has 3 N–H and O–H groups in total. The highest BCUT2D eigenvalue weighted by molar-refractivity contribution is 5.95. The molecule has 5 heteroatoms. The molecule has 0 radical (unpaired) electrons. The molecule has 0 fully saturated rings. The highest BCUT2D eigenvalue weighted by Crippen LogP contribution is 2.40. The van der Waals surface area contributed by atoms with Gasteiger partial charge in [0.25, 0.3) is 0 Å². The summed E-state index contributed by atoms with van der Waals surface area (Å²) < 4.78 is 0. The number of pyridine rings is 1. The van der Waals surface area contributed by atoms with Crippen LogP contribution in [0, 0.1) is 6.92 Å². The standard InChI is InChI=1S/C28H26N4O/c1-18-8-10-20(11-9-18)16-25(33)32-24-17-22(12-14-30-24)28-27(21-6-4-3-5-7-21)26-19(2)29-15-13-23(26)31-28/h3-12,14,17,29,31H,2,13,15-16H2,1H3,(H,30,32,33). The molecule has 164 valence electrons. The third kappa shape index (κ3) is 4.30. The van der Waals surface area contributed by atoms with Crippen LogP contribution in [-0.2, 0) is 17.6 Å². The van der Waals surface area contributed by atoms with E-state index in [2.05, 4.69) is 39.3 Å². The van der Waals surface area contributed by atoms with Crippen molar-refractivity contribution in [3.8, 4) is 22.4 Å². The fraction of sp³-hybridized carbons (Fsp3) is 0.143. The van der Waals surface area contributed by atoms with Gasteiger partial charge in [0.05, 0.1) is 12.1 Å². The van der Waals surface area contributed by atoms with Gasteiger partial charge in [-0.3, -0.25) is 4.79 Å². The van der Waals surface area contributed by atoms with Gasteiger partial charge in [-0.2, -0.15) is 0 Å². The van der Waals surface area contributed by atoms with Crippen molar-refractivity contribution in [2.45, 2.75) is 19.8 Å². The second-order valence-corrected chi connectivity index (χ2v) is 8.39. The normalized spacial score (nSPS) is 12.7. The zero-order chi connectivity index (χ0) is 22.8. The second-order valence-electron chi connectivity index (χ2n) is 8.39. The van der Waals surface area contributed by atoms with Crippen LogP contribution in [0.2, 0.25) is 0 Å². The van der Waals surface area contributed by atoms with Gasteiger partial charge in [-0.15, -0.1) is 0 Å². The van der Waals surface area contributed by atoms with Crippen molar-refractivity contribution in [1.29, 1.82) is 0 Å². The molecule has 2 aromatic carbocycles. The molecule has 0 aliphatic carbocycles. The molecular formula is C28H26N4O. The molecule has 0 bridgehead atoms. The highest BCUT2D eigenvalue weighted by Gasteiger charge is 2.24. The number of aromatic amines is 1. The number of carbonyl (C=O) groups is 1. The molecule has 5 nitrogen and oxygen atoms in total.